The molecule has 0 saturated carbocycles. The molecular weight excluding hydrogens is 286 g/mol. The summed E-state index contributed by atoms with van der Waals surface area (Å²) < 4.78 is 1.13. The molecule has 6 heteroatoms. The molecular formula is C12H10ClN3S2. The number of hydrogen-bond donors (Lipinski definition) is 1. The number of rotatable bonds is 3. The molecule has 0 saturated heterocycles. The zero-order valence-corrected chi connectivity index (χ0v) is 11.9. The van der Waals surface area contributed by atoms with Crippen LogP contribution in [-0.4, -0.2) is 9.97 Å². The van der Waals surface area contributed by atoms with Crippen LogP contribution in [0.15, 0.2) is 28.5 Å². The molecule has 18 heavy (non-hydrogen) atoms. The molecule has 3 rings (SSSR count). The predicted molar refractivity (Wildman–Crippen MR) is 78.8 cm³/mol. The van der Waals surface area contributed by atoms with Crippen molar-refractivity contribution in [2.75, 3.05) is 5.32 Å². The van der Waals surface area contributed by atoms with Crippen molar-refractivity contribution in [3.05, 3.63) is 39.3 Å². The molecule has 0 fully saturated rings. The molecule has 3 aromatic rings. The summed E-state index contributed by atoms with van der Waals surface area (Å²) in [6, 6.07) is 4.01. The summed E-state index contributed by atoms with van der Waals surface area (Å²) in [4.78, 5) is 8.67. The van der Waals surface area contributed by atoms with Crippen LogP contribution in [0.5, 0.6) is 0 Å². The molecule has 92 valence electrons. The van der Waals surface area contributed by atoms with Crippen LogP contribution >= 0.6 is 34.3 Å². The highest BCUT2D eigenvalue weighted by molar-refractivity contribution is 7.16. The number of nitrogens with one attached hydrogen (secondary N) is 1. The topological polar surface area (TPSA) is 37.8 Å². The number of aromatic nitrogens is 2. The first-order chi connectivity index (χ1) is 8.75. The first-order valence-corrected chi connectivity index (χ1v) is 7.62. The largest absolute Gasteiger partial charge is 0.374 e. The van der Waals surface area contributed by atoms with E-state index in [1.165, 1.54) is 0 Å². The standard InChI is InChI=1S/C12H10ClN3S2/c1-7(9-4-17-5-14-9)16-11-8(13)2-3-10-12(11)15-6-18-10/h2-7,16H,1H3. The maximum atomic E-state index is 6.25. The zero-order chi connectivity index (χ0) is 12.5. The Morgan fingerprint density at radius 3 is 2.94 bits per heavy atom. The minimum atomic E-state index is 0.112. The minimum Gasteiger partial charge on any atom is -0.374 e. The van der Waals surface area contributed by atoms with Crippen LogP contribution in [0, 0.1) is 0 Å². The van der Waals surface area contributed by atoms with E-state index in [0.717, 1.165) is 21.6 Å². The summed E-state index contributed by atoms with van der Waals surface area (Å²) in [6.07, 6.45) is 0. The van der Waals surface area contributed by atoms with Gasteiger partial charge in [0, 0.05) is 5.38 Å². The van der Waals surface area contributed by atoms with Gasteiger partial charge in [0.1, 0.15) is 5.52 Å². The second kappa shape index (κ2) is 4.84. The quantitative estimate of drug-likeness (QED) is 0.768. The predicted octanol–water partition coefficient (Wildman–Crippen LogP) is 4.58. The van der Waals surface area contributed by atoms with Crippen LogP contribution in [0.1, 0.15) is 18.7 Å². The molecule has 1 atom stereocenters. The van der Waals surface area contributed by atoms with E-state index in [9.17, 15) is 0 Å². The lowest BCUT2D eigenvalue weighted by Crippen LogP contribution is -2.07. The fourth-order valence-electron chi connectivity index (χ4n) is 1.77. The third kappa shape index (κ3) is 2.09. The number of nitrogens with zero attached hydrogens (tertiary/aromatic N) is 2. The van der Waals surface area contributed by atoms with Gasteiger partial charge >= 0.3 is 0 Å². The van der Waals surface area contributed by atoms with E-state index in [-0.39, 0.29) is 6.04 Å². The number of benzene rings is 1. The van der Waals surface area contributed by atoms with Gasteiger partial charge in [-0.15, -0.1) is 22.7 Å². The van der Waals surface area contributed by atoms with E-state index in [0.29, 0.717) is 5.02 Å². The molecule has 0 aliphatic carbocycles. The lowest BCUT2D eigenvalue weighted by atomic mass is 10.2. The molecule has 0 amide bonds. The van der Waals surface area contributed by atoms with Crippen molar-refractivity contribution in [1.29, 1.82) is 0 Å². The van der Waals surface area contributed by atoms with Crippen LogP contribution in [0.2, 0.25) is 5.02 Å². The Labute approximate surface area is 117 Å². The lowest BCUT2D eigenvalue weighted by molar-refractivity contribution is 0.851. The maximum absolute atomic E-state index is 6.25. The van der Waals surface area contributed by atoms with Gasteiger partial charge in [0.05, 0.1) is 38.2 Å². The minimum absolute atomic E-state index is 0.112. The highest BCUT2D eigenvalue weighted by atomic mass is 35.5. The highest BCUT2D eigenvalue weighted by Gasteiger charge is 2.13. The van der Waals surface area contributed by atoms with E-state index in [1.807, 2.05) is 28.5 Å². The monoisotopic (exact) mass is 295 g/mol. The number of halogens is 1. The van der Waals surface area contributed by atoms with Crippen molar-refractivity contribution in [3.8, 4) is 0 Å². The van der Waals surface area contributed by atoms with E-state index >= 15 is 0 Å². The Hall–Kier alpha value is -1.17. The molecule has 2 heterocycles. The first kappa shape index (κ1) is 11.9. The third-order valence-corrected chi connectivity index (χ3v) is 4.42. The van der Waals surface area contributed by atoms with Crippen LogP contribution in [0.4, 0.5) is 5.69 Å². The summed E-state index contributed by atoms with van der Waals surface area (Å²) in [6.45, 7) is 2.07. The lowest BCUT2D eigenvalue weighted by Gasteiger charge is -2.14. The maximum Gasteiger partial charge on any atom is 0.106 e. The van der Waals surface area contributed by atoms with Crippen LogP contribution in [-0.2, 0) is 0 Å². The summed E-state index contributed by atoms with van der Waals surface area (Å²) in [5.74, 6) is 0. The SMILES string of the molecule is CC(Nc1c(Cl)ccc2scnc12)c1cscn1. The van der Waals surface area contributed by atoms with Gasteiger partial charge in [0.2, 0.25) is 0 Å². The summed E-state index contributed by atoms with van der Waals surface area (Å²) in [5, 5.41) is 6.12. The molecule has 2 aromatic heterocycles. The smallest absolute Gasteiger partial charge is 0.106 e. The molecule has 0 radical (unpaired) electrons. The van der Waals surface area contributed by atoms with Crippen molar-refractivity contribution >= 4 is 50.2 Å². The molecule has 3 nitrogen and oxygen atoms in total. The van der Waals surface area contributed by atoms with Crippen molar-refractivity contribution in [1.82, 2.24) is 9.97 Å². The second-order valence-electron chi connectivity index (χ2n) is 3.90. The van der Waals surface area contributed by atoms with Gasteiger partial charge < -0.3 is 5.32 Å². The number of anilines is 1. The van der Waals surface area contributed by atoms with Crippen molar-refractivity contribution < 1.29 is 0 Å². The molecule has 1 unspecified atom stereocenters. The number of thiazole rings is 2. The Bertz CT molecular complexity index is 663. The summed E-state index contributed by atoms with van der Waals surface area (Å²) in [5.41, 5.74) is 6.49. The Balaban J connectivity index is 1.99. The van der Waals surface area contributed by atoms with Gasteiger partial charge in [-0.2, -0.15) is 0 Å². The number of hydrogen-bond acceptors (Lipinski definition) is 5. The molecule has 0 spiro atoms. The van der Waals surface area contributed by atoms with Crippen molar-refractivity contribution in [3.63, 3.8) is 0 Å². The van der Waals surface area contributed by atoms with Gasteiger partial charge in [0.15, 0.2) is 0 Å². The molecule has 0 bridgehead atoms. The average molecular weight is 296 g/mol. The molecule has 1 aromatic carbocycles. The van der Waals surface area contributed by atoms with Gasteiger partial charge in [-0.25, -0.2) is 9.97 Å². The Morgan fingerprint density at radius 1 is 1.28 bits per heavy atom. The van der Waals surface area contributed by atoms with Gasteiger partial charge in [-0.05, 0) is 19.1 Å². The zero-order valence-electron chi connectivity index (χ0n) is 9.55. The average Bonchev–Trinajstić information content (AvgIpc) is 3.02. The van der Waals surface area contributed by atoms with E-state index in [1.54, 1.807) is 22.7 Å². The van der Waals surface area contributed by atoms with E-state index < -0.39 is 0 Å². The van der Waals surface area contributed by atoms with E-state index in [2.05, 4.69) is 22.2 Å². The molecule has 0 aliphatic heterocycles. The van der Waals surface area contributed by atoms with Crippen LogP contribution in [0.25, 0.3) is 10.2 Å². The fourth-order valence-corrected chi connectivity index (χ4v) is 3.31. The highest BCUT2D eigenvalue weighted by Crippen LogP contribution is 2.34. The van der Waals surface area contributed by atoms with Crippen molar-refractivity contribution in [2.45, 2.75) is 13.0 Å². The van der Waals surface area contributed by atoms with Crippen LogP contribution in [0.3, 0.4) is 0 Å². The van der Waals surface area contributed by atoms with E-state index in [4.69, 9.17) is 11.6 Å². The first-order valence-electron chi connectivity index (χ1n) is 5.42. The van der Waals surface area contributed by atoms with Gasteiger partial charge in [-0.1, -0.05) is 11.6 Å². The molecule has 0 aliphatic rings. The van der Waals surface area contributed by atoms with Crippen LogP contribution < -0.4 is 5.32 Å². The fraction of sp³-hybridized carbons (Fsp3) is 0.167. The van der Waals surface area contributed by atoms with Gasteiger partial charge in [-0.3, -0.25) is 0 Å². The number of fused-ring (bicyclic) bond motifs is 1. The second-order valence-corrected chi connectivity index (χ2v) is 5.91. The van der Waals surface area contributed by atoms with Crippen molar-refractivity contribution in [2.24, 2.45) is 0 Å². The molecule has 1 N–H and O–H groups in total. The Kier molecular flexibility index (Phi) is 3.20. The summed E-state index contributed by atoms with van der Waals surface area (Å²) >= 11 is 9.45. The normalized spacial score (nSPS) is 12.8. The van der Waals surface area contributed by atoms with Gasteiger partial charge in [0.25, 0.3) is 0 Å². The third-order valence-electron chi connectivity index (χ3n) is 2.71. The summed E-state index contributed by atoms with van der Waals surface area (Å²) in [7, 11) is 0. The Morgan fingerprint density at radius 2 is 2.17 bits per heavy atom.